The van der Waals surface area contributed by atoms with Crippen LogP contribution in [0.3, 0.4) is 0 Å². The number of carbonyl (C=O) groups excluding carboxylic acids is 1. The van der Waals surface area contributed by atoms with Crippen LogP contribution in [-0.2, 0) is 6.42 Å². The van der Waals surface area contributed by atoms with Crippen molar-refractivity contribution in [1.29, 1.82) is 0 Å². The zero-order valence-corrected chi connectivity index (χ0v) is 12.9. The van der Waals surface area contributed by atoms with E-state index in [-0.39, 0.29) is 5.91 Å². The summed E-state index contributed by atoms with van der Waals surface area (Å²) in [5.74, 6) is 0.677. The molecule has 3 aliphatic heterocycles. The van der Waals surface area contributed by atoms with Gasteiger partial charge in [0.25, 0.3) is 5.91 Å². The lowest BCUT2D eigenvalue weighted by molar-refractivity contribution is 0.0620. The fourth-order valence-electron chi connectivity index (χ4n) is 3.86. The molecule has 0 saturated carbocycles. The van der Waals surface area contributed by atoms with Gasteiger partial charge in [0.05, 0.1) is 5.52 Å². The smallest absolute Gasteiger partial charge is 0.251 e. The largest absolute Gasteiger partial charge is 0.348 e. The molecule has 1 atom stereocenters. The molecule has 1 aromatic carbocycles. The van der Waals surface area contributed by atoms with Crippen LogP contribution in [0.15, 0.2) is 18.2 Å². The van der Waals surface area contributed by atoms with Gasteiger partial charge in [-0.05, 0) is 50.4 Å². The van der Waals surface area contributed by atoms with Gasteiger partial charge in [-0.1, -0.05) is 13.0 Å². The van der Waals surface area contributed by atoms with Crippen LogP contribution in [0.5, 0.6) is 0 Å². The van der Waals surface area contributed by atoms with Crippen LogP contribution in [0.25, 0.3) is 10.9 Å². The Bertz CT molecular complexity index is 700. The van der Waals surface area contributed by atoms with Crippen molar-refractivity contribution >= 4 is 16.8 Å². The van der Waals surface area contributed by atoms with Gasteiger partial charge in [-0.2, -0.15) is 5.10 Å². The number of rotatable bonds is 3. The number of H-pyrrole nitrogens is 1. The lowest BCUT2D eigenvalue weighted by atomic mass is 9.84. The minimum Gasteiger partial charge on any atom is -0.348 e. The predicted molar refractivity (Wildman–Crippen MR) is 85.9 cm³/mol. The lowest BCUT2D eigenvalue weighted by Gasteiger charge is -2.44. The second-order valence-electron chi connectivity index (χ2n) is 6.51. The Labute approximate surface area is 130 Å². The normalized spacial score (nSPS) is 27.2. The molecule has 2 N–H and O–H groups in total. The van der Waals surface area contributed by atoms with E-state index in [0.29, 0.717) is 17.5 Å². The highest BCUT2D eigenvalue weighted by atomic mass is 16.1. The van der Waals surface area contributed by atoms with Crippen molar-refractivity contribution in [2.75, 3.05) is 19.6 Å². The van der Waals surface area contributed by atoms with Crippen LogP contribution in [-0.4, -0.2) is 46.7 Å². The Hall–Kier alpha value is -1.88. The van der Waals surface area contributed by atoms with Crippen LogP contribution in [0, 0.1) is 5.92 Å². The second kappa shape index (κ2) is 5.39. The topological polar surface area (TPSA) is 61.0 Å². The maximum atomic E-state index is 12.5. The Morgan fingerprint density at radius 2 is 2.23 bits per heavy atom. The van der Waals surface area contributed by atoms with Crippen LogP contribution in [0.4, 0.5) is 0 Å². The molecular formula is C17H22N4O. The van der Waals surface area contributed by atoms with E-state index in [2.05, 4.69) is 27.3 Å². The summed E-state index contributed by atoms with van der Waals surface area (Å²) in [6.45, 7) is 5.48. The molecule has 1 amide bonds. The number of nitrogens with zero attached hydrogens (tertiary/aromatic N) is 2. The van der Waals surface area contributed by atoms with E-state index in [4.69, 9.17) is 0 Å². The zero-order chi connectivity index (χ0) is 15.1. The molecule has 5 heteroatoms. The summed E-state index contributed by atoms with van der Waals surface area (Å²) in [7, 11) is 0. The zero-order valence-electron chi connectivity index (χ0n) is 12.9. The summed E-state index contributed by atoms with van der Waals surface area (Å²) in [4.78, 5) is 15.0. The minimum atomic E-state index is 0.0294. The summed E-state index contributed by atoms with van der Waals surface area (Å²) in [6, 6.07) is 6.11. The third-order valence-corrected chi connectivity index (χ3v) is 5.22. The van der Waals surface area contributed by atoms with E-state index < -0.39 is 0 Å². The summed E-state index contributed by atoms with van der Waals surface area (Å²) in [5, 5.41) is 11.7. The number of aromatic nitrogens is 2. The van der Waals surface area contributed by atoms with Gasteiger partial charge in [0, 0.05) is 29.2 Å². The second-order valence-corrected chi connectivity index (χ2v) is 6.51. The molecule has 3 aliphatic rings. The average molecular weight is 298 g/mol. The first-order valence-corrected chi connectivity index (χ1v) is 8.25. The van der Waals surface area contributed by atoms with Crippen LogP contribution in [0.2, 0.25) is 0 Å². The van der Waals surface area contributed by atoms with Crippen molar-refractivity contribution in [3.63, 3.8) is 0 Å². The van der Waals surface area contributed by atoms with Gasteiger partial charge in [0.1, 0.15) is 0 Å². The number of amides is 1. The highest BCUT2D eigenvalue weighted by Crippen LogP contribution is 2.27. The minimum absolute atomic E-state index is 0.0294. The average Bonchev–Trinajstić information content (AvgIpc) is 2.98. The number of hydrogen-bond acceptors (Lipinski definition) is 3. The van der Waals surface area contributed by atoms with E-state index in [1.165, 1.54) is 25.9 Å². The van der Waals surface area contributed by atoms with Crippen molar-refractivity contribution < 1.29 is 4.79 Å². The fraction of sp³-hybridized carbons (Fsp3) is 0.529. The first-order chi connectivity index (χ1) is 10.7. The monoisotopic (exact) mass is 298 g/mol. The molecule has 0 aliphatic carbocycles. The fourth-order valence-corrected chi connectivity index (χ4v) is 3.86. The van der Waals surface area contributed by atoms with E-state index >= 15 is 0 Å². The quantitative estimate of drug-likeness (QED) is 0.910. The first-order valence-electron chi connectivity index (χ1n) is 8.25. The van der Waals surface area contributed by atoms with Gasteiger partial charge >= 0.3 is 0 Å². The third kappa shape index (κ3) is 2.29. The van der Waals surface area contributed by atoms with Gasteiger partial charge in [-0.3, -0.25) is 9.89 Å². The Balaban J connectivity index is 1.52. The molecular weight excluding hydrogens is 276 g/mol. The Morgan fingerprint density at radius 1 is 1.41 bits per heavy atom. The summed E-state index contributed by atoms with van der Waals surface area (Å²) in [5.41, 5.74) is 2.70. The molecule has 4 heterocycles. The maximum absolute atomic E-state index is 12.5. The molecule has 0 unspecified atom stereocenters. The Kier molecular flexibility index (Phi) is 3.37. The molecule has 0 spiro atoms. The summed E-state index contributed by atoms with van der Waals surface area (Å²) in [6.07, 6.45) is 3.34. The number of benzene rings is 1. The van der Waals surface area contributed by atoms with E-state index in [1.807, 2.05) is 18.2 Å². The molecule has 0 radical (unpaired) electrons. The summed E-state index contributed by atoms with van der Waals surface area (Å²) >= 11 is 0. The van der Waals surface area contributed by atoms with Crippen molar-refractivity contribution in [3.8, 4) is 0 Å². The number of fused-ring (bicyclic) bond motifs is 4. The SMILES string of the molecule is CCc1[nH]nc2cc(C(=O)N[C@H]3CN4CCC3CC4)ccc12. The van der Waals surface area contributed by atoms with Crippen LogP contribution >= 0.6 is 0 Å². The predicted octanol–water partition coefficient (Wildman–Crippen LogP) is 1.95. The van der Waals surface area contributed by atoms with Gasteiger partial charge in [0.2, 0.25) is 0 Å². The molecule has 116 valence electrons. The number of nitrogens with one attached hydrogen (secondary N) is 2. The lowest BCUT2D eigenvalue weighted by Crippen LogP contribution is -2.57. The van der Waals surface area contributed by atoms with Gasteiger partial charge in [-0.15, -0.1) is 0 Å². The standard InChI is InChI=1S/C17H22N4O/c1-2-14-13-4-3-12(9-15(13)20-19-14)17(22)18-16-10-21-7-5-11(16)6-8-21/h3-4,9,11,16H,2,5-8,10H2,1H3,(H,18,22)(H,19,20)/t16-/m0/s1. The Morgan fingerprint density at radius 3 is 2.91 bits per heavy atom. The molecule has 5 nitrogen and oxygen atoms in total. The number of aryl methyl sites for hydroxylation is 1. The van der Waals surface area contributed by atoms with Crippen LogP contribution < -0.4 is 5.32 Å². The van der Waals surface area contributed by atoms with Crippen molar-refractivity contribution in [2.24, 2.45) is 5.92 Å². The third-order valence-electron chi connectivity index (χ3n) is 5.22. The van der Waals surface area contributed by atoms with E-state index in [9.17, 15) is 4.79 Å². The summed E-state index contributed by atoms with van der Waals surface area (Å²) < 4.78 is 0. The van der Waals surface area contributed by atoms with E-state index in [1.54, 1.807) is 0 Å². The van der Waals surface area contributed by atoms with Gasteiger partial charge < -0.3 is 10.2 Å². The number of aromatic amines is 1. The highest BCUT2D eigenvalue weighted by Gasteiger charge is 2.34. The molecule has 3 saturated heterocycles. The van der Waals surface area contributed by atoms with Crippen molar-refractivity contribution in [3.05, 3.63) is 29.5 Å². The maximum Gasteiger partial charge on any atom is 0.251 e. The molecule has 22 heavy (non-hydrogen) atoms. The number of piperidine rings is 3. The number of hydrogen-bond donors (Lipinski definition) is 2. The van der Waals surface area contributed by atoms with Gasteiger partial charge in [0.15, 0.2) is 0 Å². The van der Waals surface area contributed by atoms with Crippen molar-refractivity contribution in [1.82, 2.24) is 20.4 Å². The first kappa shape index (κ1) is 13.8. The molecule has 1 aromatic heterocycles. The molecule has 5 rings (SSSR count). The molecule has 2 bridgehead atoms. The van der Waals surface area contributed by atoms with E-state index in [0.717, 1.165) is 29.6 Å². The molecule has 3 fully saturated rings. The molecule has 2 aromatic rings. The van der Waals surface area contributed by atoms with Crippen LogP contribution in [0.1, 0.15) is 35.8 Å². The van der Waals surface area contributed by atoms with Crippen molar-refractivity contribution in [2.45, 2.75) is 32.2 Å². The van der Waals surface area contributed by atoms with Gasteiger partial charge in [-0.25, -0.2) is 0 Å². The highest BCUT2D eigenvalue weighted by molar-refractivity contribution is 5.98. The number of carbonyl (C=O) groups is 1.